The van der Waals surface area contributed by atoms with Gasteiger partial charge in [-0.25, -0.2) is 0 Å². The second-order valence-electron chi connectivity index (χ2n) is 5.85. The van der Waals surface area contributed by atoms with Crippen LogP contribution in [-0.2, 0) is 9.59 Å². The highest BCUT2D eigenvalue weighted by atomic mass is 35.5. The number of halogens is 1. The van der Waals surface area contributed by atoms with Gasteiger partial charge in [0.15, 0.2) is 24.7 Å². The predicted molar refractivity (Wildman–Crippen MR) is 105 cm³/mol. The number of hydrogen-bond acceptors (Lipinski definition) is 6. The number of nitrogens with one attached hydrogen (secondary N) is 2. The second kappa shape index (κ2) is 10.2. The molecule has 0 saturated heterocycles. The van der Waals surface area contributed by atoms with Gasteiger partial charge in [-0.3, -0.25) is 25.2 Å². The van der Waals surface area contributed by atoms with E-state index in [1.54, 1.807) is 18.2 Å². The molecule has 10 heteroatoms. The highest BCUT2D eigenvalue weighted by molar-refractivity contribution is 6.32. The Labute approximate surface area is 172 Å². The first-order valence-electron chi connectivity index (χ1n) is 8.37. The summed E-state index contributed by atoms with van der Waals surface area (Å²) in [5.74, 6) is -1.16. The van der Waals surface area contributed by atoms with E-state index < -0.39 is 24.3 Å². The number of rotatable bonds is 8. The van der Waals surface area contributed by atoms with E-state index >= 15 is 0 Å². The standard InChI is InChI=1S/C19H20ClN3O6/c1-11-4-3-5-13(6-11)28-10-17(25)22-23-19(26)12-7-14(20)18(15(8-12)27-2)29-9-16(21)24/h3-8H,9-10H2,1-2H3,(H2,21,24)(H,22,25)(H,23,26). The fourth-order valence-electron chi connectivity index (χ4n) is 2.22. The molecule has 0 fully saturated rings. The summed E-state index contributed by atoms with van der Waals surface area (Å²) in [7, 11) is 1.34. The Morgan fingerprint density at radius 2 is 1.83 bits per heavy atom. The Kier molecular flexibility index (Phi) is 7.67. The van der Waals surface area contributed by atoms with Gasteiger partial charge >= 0.3 is 0 Å². The third-order valence-electron chi connectivity index (χ3n) is 3.53. The summed E-state index contributed by atoms with van der Waals surface area (Å²) in [6, 6.07) is 9.84. The number of amides is 3. The minimum atomic E-state index is -0.694. The molecule has 2 rings (SSSR count). The molecule has 0 heterocycles. The van der Waals surface area contributed by atoms with Gasteiger partial charge in [0.2, 0.25) is 0 Å². The van der Waals surface area contributed by atoms with Crippen molar-refractivity contribution in [1.29, 1.82) is 0 Å². The number of benzene rings is 2. The topological polar surface area (TPSA) is 129 Å². The molecular weight excluding hydrogens is 402 g/mol. The van der Waals surface area contributed by atoms with Crippen LogP contribution in [0, 0.1) is 6.92 Å². The summed E-state index contributed by atoms with van der Waals surface area (Å²) in [6.45, 7) is 1.21. The molecule has 0 unspecified atom stereocenters. The van der Waals surface area contributed by atoms with E-state index in [9.17, 15) is 14.4 Å². The molecule has 0 spiro atoms. The lowest BCUT2D eigenvalue weighted by Crippen LogP contribution is -2.43. The number of hydrazine groups is 1. The van der Waals surface area contributed by atoms with Gasteiger partial charge in [-0.1, -0.05) is 23.7 Å². The molecule has 0 aliphatic heterocycles. The maximum atomic E-state index is 12.3. The Balaban J connectivity index is 1.94. The molecule has 0 radical (unpaired) electrons. The first-order chi connectivity index (χ1) is 13.8. The summed E-state index contributed by atoms with van der Waals surface area (Å²) >= 11 is 6.09. The van der Waals surface area contributed by atoms with E-state index in [1.165, 1.54) is 19.2 Å². The van der Waals surface area contributed by atoms with Crippen LogP contribution in [0.1, 0.15) is 15.9 Å². The molecule has 4 N–H and O–H groups in total. The minimum Gasteiger partial charge on any atom is -0.493 e. The first-order valence-corrected chi connectivity index (χ1v) is 8.75. The Bertz CT molecular complexity index is 919. The van der Waals surface area contributed by atoms with Gasteiger partial charge in [0.25, 0.3) is 17.7 Å². The Hall–Kier alpha value is -3.46. The average molecular weight is 422 g/mol. The van der Waals surface area contributed by atoms with Crippen molar-refractivity contribution in [2.75, 3.05) is 20.3 Å². The highest BCUT2D eigenvalue weighted by Crippen LogP contribution is 2.36. The van der Waals surface area contributed by atoms with Crippen molar-refractivity contribution in [2.24, 2.45) is 5.73 Å². The SMILES string of the molecule is COc1cc(C(=O)NNC(=O)COc2cccc(C)c2)cc(Cl)c1OCC(N)=O. The van der Waals surface area contributed by atoms with Gasteiger partial charge in [-0.05, 0) is 36.8 Å². The number of nitrogens with two attached hydrogens (primary N) is 1. The maximum absolute atomic E-state index is 12.3. The summed E-state index contributed by atoms with van der Waals surface area (Å²) in [4.78, 5) is 35.0. The summed E-state index contributed by atoms with van der Waals surface area (Å²) in [5, 5.41) is 0.0323. The van der Waals surface area contributed by atoms with Crippen molar-refractivity contribution >= 4 is 29.3 Å². The van der Waals surface area contributed by atoms with Gasteiger partial charge in [0, 0.05) is 5.56 Å². The molecule has 0 atom stereocenters. The van der Waals surface area contributed by atoms with Crippen LogP contribution < -0.4 is 30.8 Å². The van der Waals surface area contributed by atoms with E-state index in [1.807, 2.05) is 13.0 Å². The number of aryl methyl sites for hydroxylation is 1. The fourth-order valence-corrected chi connectivity index (χ4v) is 2.49. The van der Waals surface area contributed by atoms with E-state index in [2.05, 4.69) is 10.9 Å². The van der Waals surface area contributed by atoms with Crippen molar-refractivity contribution in [1.82, 2.24) is 10.9 Å². The molecule has 2 aromatic rings. The average Bonchev–Trinajstić information content (AvgIpc) is 2.68. The lowest BCUT2D eigenvalue weighted by molar-refractivity contribution is -0.124. The van der Waals surface area contributed by atoms with Gasteiger partial charge in [-0.2, -0.15) is 0 Å². The molecule has 0 saturated carbocycles. The zero-order valence-electron chi connectivity index (χ0n) is 15.8. The number of primary amides is 1. The largest absolute Gasteiger partial charge is 0.493 e. The van der Waals surface area contributed by atoms with Crippen molar-refractivity contribution in [3.8, 4) is 17.2 Å². The number of ether oxygens (including phenoxy) is 3. The van der Waals surface area contributed by atoms with E-state index in [0.717, 1.165) is 5.56 Å². The van der Waals surface area contributed by atoms with Gasteiger partial charge in [0.05, 0.1) is 12.1 Å². The molecule has 0 bridgehead atoms. The molecule has 0 aromatic heterocycles. The maximum Gasteiger partial charge on any atom is 0.276 e. The Morgan fingerprint density at radius 1 is 1.07 bits per heavy atom. The lowest BCUT2D eigenvalue weighted by Gasteiger charge is -2.14. The van der Waals surface area contributed by atoms with Crippen molar-refractivity contribution in [3.63, 3.8) is 0 Å². The van der Waals surface area contributed by atoms with Crippen molar-refractivity contribution < 1.29 is 28.6 Å². The van der Waals surface area contributed by atoms with Crippen LogP contribution in [0.15, 0.2) is 36.4 Å². The molecule has 2 aromatic carbocycles. The van der Waals surface area contributed by atoms with Crippen LogP contribution in [0.2, 0.25) is 5.02 Å². The smallest absolute Gasteiger partial charge is 0.276 e. The summed E-state index contributed by atoms with van der Waals surface area (Å²) in [6.07, 6.45) is 0. The quantitative estimate of drug-likeness (QED) is 0.552. The molecular formula is C19H20ClN3O6. The third-order valence-corrected chi connectivity index (χ3v) is 3.81. The van der Waals surface area contributed by atoms with Gasteiger partial charge in [-0.15, -0.1) is 0 Å². The second-order valence-corrected chi connectivity index (χ2v) is 6.26. The predicted octanol–water partition coefficient (Wildman–Crippen LogP) is 1.36. The minimum absolute atomic E-state index is 0.0323. The zero-order chi connectivity index (χ0) is 21.4. The lowest BCUT2D eigenvalue weighted by atomic mass is 10.2. The molecule has 154 valence electrons. The van der Waals surface area contributed by atoms with Crippen molar-refractivity contribution in [3.05, 3.63) is 52.5 Å². The zero-order valence-corrected chi connectivity index (χ0v) is 16.5. The highest BCUT2D eigenvalue weighted by Gasteiger charge is 2.17. The van der Waals surface area contributed by atoms with Crippen LogP contribution in [0.25, 0.3) is 0 Å². The number of hydrogen-bond donors (Lipinski definition) is 3. The molecule has 0 aliphatic rings. The summed E-state index contributed by atoms with van der Waals surface area (Å²) < 4.78 is 15.7. The molecule has 3 amide bonds. The van der Waals surface area contributed by atoms with E-state index in [-0.39, 0.29) is 28.7 Å². The van der Waals surface area contributed by atoms with Crippen LogP contribution in [0.4, 0.5) is 0 Å². The first kappa shape index (κ1) is 21.8. The molecule has 9 nitrogen and oxygen atoms in total. The van der Waals surface area contributed by atoms with E-state index in [0.29, 0.717) is 5.75 Å². The van der Waals surface area contributed by atoms with Gasteiger partial charge in [0.1, 0.15) is 5.75 Å². The third kappa shape index (κ3) is 6.58. The Morgan fingerprint density at radius 3 is 2.48 bits per heavy atom. The number of carbonyl (C=O) groups excluding carboxylic acids is 3. The van der Waals surface area contributed by atoms with E-state index in [4.69, 9.17) is 31.5 Å². The normalized spacial score (nSPS) is 10.0. The van der Waals surface area contributed by atoms with Crippen molar-refractivity contribution in [2.45, 2.75) is 6.92 Å². The number of carbonyl (C=O) groups is 3. The monoisotopic (exact) mass is 421 g/mol. The van der Waals surface area contributed by atoms with Crippen LogP contribution in [-0.4, -0.2) is 38.0 Å². The van der Waals surface area contributed by atoms with Gasteiger partial charge < -0.3 is 19.9 Å². The molecule has 0 aliphatic carbocycles. The fraction of sp³-hybridized carbons (Fsp3) is 0.211. The van der Waals surface area contributed by atoms with Crippen LogP contribution >= 0.6 is 11.6 Å². The summed E-state index contributed by atoms with van der Waals surface area (Å²) in [5.41, 5.74) is 10.6. The number of methoxy groups -OCH3 is 1. The molecule has 29 heavy (non-hydrogen) atoms. The van der Waals surface area contributed by atoms with Crippen LogP contribution in [0.3, 0.4) is 0 Å². The van der Waals surface area contributed by atoms with Crippen LogP contribution in [0.5, 0.6) is 17.2 Å².